The minimum Gasteiger partial charge on any atom is -0.495 e. The average Bonchev–Trinajstić information content (AvgIpc) is 2.78. The van der Waals surface area contributed by atoms with Crippen molar-refractivity contribution >= 4 is 33.4 Å². The molecule has 168 valence electrons. The van der Waals surface area contributed by atoms with Crippen LogP contribution < -0.4 is 10.1 Å². The molecule has 0 bridgehead atoms. The summed E-state index contributed by atoms with van der Waals surface area (Å²) in [5.74, 6) is -0.0388. The molecule has 2 aromatic carbocycles. The second-order valence-corrected chi connectivity index (χ2v) is 10.7. The zero-order valence-electron chi connectivity index (χ0n) is 18.4. The van der Waals surface area contributed by atoms with Gasteiger partial charge in [-0.1, -0.05) is 32.0 Å². The first-order valence-electron chi connectivity index (χ1n) is 10.4. The third-order valence-electron chi connectivity index (χ3n) is 5.59. The quantitative estimate of drug-likeness (QED) is 0.610. The summed E-state index contributed by atoms with van der Waals surface area (Å²) in [4.78, 5) is 14.1. The van der Waals surface area contributed by atoms with Crippen LogP contribution in [0.25, 0.3) is 0 Å². The number of amides is 1. The molecule has 1 N–H and O–H groups in total. The molecule has 0 unspecified atom stereocenters. The van der Waals surface area contributed by atoms with Crippen molar-refractivity contribution in [1.82, 2.24) is 4.31 Å². The Bertz CT molecular complexity index is 1040. The predicted octanol–water partition coefficient (Wildman–Crippen LogP) is 4.58. The maximum absolute atomic E-state index is 13.5. The van der Waals surface area contributed by atoms with E-state index in [0.29, 0.717) is 25.1 Å². The minimum absolute atomic E-state index is 0.149. The number of anilines is 1. The Balaban J connectivity index is 1.82. The SMILES string of the molecule is COc1ccc(C(C)C)cc1S(=O)(=O)N1CCC[C@@H](C(=O)Nc2ccccc2SC)C1. The molecule has 0 spiro atoms. The normalized spacial score (nSPS) is 17.5. The Morgan fingerprint density at radius 2 is 1.97 bits per heavy atom. The molecule has 1 saturated heterocycles. The van der Waals surface area contributed by atoms with Gasteiger partial charge in [0.05, 0.1) is 18.7 Å². The first kappa shape index (κ1) is 23.6. The smallest absolute Gasteiger partial charge is 0.246 e. The largest absolute Gasteiger partial charge is 0.495 e. The Kier molecular flexibility index (Phi) is 7.67. The van der Waals surface area contributed by atoms with E-state index in [0.717, 1.165) is 16.1 Å². The van der Waals surface area contributed by atoms with E-state index in [4.69, 9.17) is 4.74 Å². The van der Waals surface area contributed by atoms with E-state index in [-0.39, 0.29) is 23.3 Å². The van der Waals surface area contributed by atoms with Gasteiger partial charge >= 0.3 is 0 Å². The highest BCUT2D eigenvalue weighted by Gasteiger charge is 2.35. The first-order chi connectivity index (χ1) is 14.8. The fourth-order valence-corrected chi connectivity index (χ4v) is 6.02. The number of piperidine rings is 1. The lowest BCUT2D eigenvalue weighted by molar-refractivity contribution is -0.120. The van der Waals surface area contributed by atoms with Gasteiger partial charge in [0.1, 0.15) is 10.6 Å². The van der Waals surface area contributed by atoms with E-state index < -0.39 is 15.9 Å². The summed E-state index contributed by atoms with van der Waals surface area (Å²) in [6, 6.07) is 12.9. The summed E-state index contributed by atoms with van der Waals surface area (Å²) in [5, 5.41) is 2.98. The molecule has 0 aliphatic carbocycles. The van der Waals surface area contributed by atoms with Crippen molar-refractivity contribution in [2.45, 2.75) is 42.4 Å². The van der Waals surface area contributed by atoms with E-state index in [1.807, 2.05) is 50.4 Å². The van der Waals surface area contributed by atoms with Crippen molar-refractivity contribution in [3.8, 4) is 5.75 Å². The number of rotatable bonds is 7. The fraction of sp³-hybridized carbons (Fsp3) is 0.435. The summed E-state index contributed by atoms with van der Waals surface area (Å²) in [7, 11) is -2.32. The van der Waals surface area contributed by atoms with Crippen LogP contribution in [0.15, 0.2) is 52.3 Å². The number of carbonyl (C=O) groups excluding carboxylic acids is 1. The van der Waals surface area contributed by atoms with Crippen molar-refractivity contribution in [3.05, 3.63) is 48.0 Å². The van der Waals surface area contributed by atoms with Crippen LogP contribution in [-0.2, 0) is 14.8 Å². The number of hydrogen-bond acceptors (Lipinski definition) is 5. The third kappa shape index (κ3) is 5.25. The van der Waals surface area contributed by atoms with Crippen LogP contribution in [0.3, 0.4) is 0 Å². The molecule has 31 heavy (non-hydrogen) atoms. The van der Waals surface area contributed by atoms with Crippen LogP contribution in [0.1, 0.15) is 38.2 Å². The Hall–Kier alpha value is -2.03. The Morgan fingerprint density at radius 3 is 2.65 bits per heavy atom. The lowest BCUT2D eigenvalue weighted by Gasteiger charge is -2.31. The molecular weight excluding hydrogens is 432 g/mol. The van der Waals surface area contributed by atoms with Gasteiger partial charge in [0, 0.05) is 18.0 Å². The van der Waals surface area contributed by atoms with Crippen LogP contribution in [0.4, 0.5) is 5.69 Å². The van der Waals surface area contributed by atoms with Gasteiger partial charge in [-0.25, -0.2) is 8.42 Å². The van der Waals surface area contributed by atoms with Crippen LogP contribution >= 0.6 is 11.8 Å². The summed E-state index contributed by atoms with van der Waals surface area (Å²) in [5.41, 5.74) is 1.69. The number of hydrogen-bond donors (Lipinski definition) is 1. The number of sulfonamides is 1. The lowest BCUT2D eigenvalue weighted by Crippen LogP contribution is -2.43. The molecule has 8 heteroatoms. The van der Waals surface area contributed by atoms with Gasteiger partial charge in [-0.3, -0.25) is 4.79 Å². The summed E-state index contributed by atoms with van der Waals surface area (Å²) < 4.78 is 33.7. The Morgan fingerprint density at radius 1 is 1.23 bits per heavy atom. The van der Waals surface area contributed by atoms with Crippen LogP contribution in [0.5, 0.6) is 5.75 Å². The van der Waals surface area contributed by atoms with Crippen molar-refractivity contribution in [1.29, 1.82) is 0 Å². The molecular formula is C23H30N2O4S2. The molecule has 1 amide bonds. The van der Waals surface area contributed by atoms with Gasteiger partial charge in [-0.2, -0.15) is 4.31 Å². The van der Waals surface area contributed by atoms with Gasteiger partial charge in [-0.05, 0) is 54.8 Å². The lowest BCUT2D eigenvalue weighted by atomic mass is 9.99. The zero-order chi connectivity index (χ0) is 22.6. The van der Waals surface area contributed by atoms with Gasteiger partial charge in [0.15, 0.2) is 0 Å². The Labute approximate surface area is 189 Å². The average molecular weight is 463 g/mol. The van der Waals surface area contributed by atoms with E-state index >= 15 is 0 Å². The maximum atomic E-state index is 13.5. The van der Waals surface area contributed by atoms with Crippen molar-refractivity contribution in [2.75, 3.05) is 31.8 Å². The summed E-state index contributed by atoms with van der Waals surface area (Å²) in [6.45, 7) is 4.59. The second kappa shape index (κ2) is 10.1. The van der Waals surface area contributed by atoms with E-state index in [9.17, 15) is 13.2 Å². The van der Waals surface area contributed by atoms with E-state index in [2.05, 4.69) is 5.32 Å². The molecule has 6 nitrogen and oxygen atoms in total. The van der Waals surface area contributed by atoms with Crippen molar-refractivity contribution in [2.24, 2.45) is 5.92 Å². The topological polar surface area (TPSA) is 75.7 Å². The number of ether oxygens (including phenoxy) is 1. The van der Waals surface area contributed by atoms with Crippen LogP contribution in [0.2, 0.25) is 0 Å². The fourth-order valence-electron chi connectivity index (χ4n) is 3.75. The highest BCUT2D eigenvalue weighted by molar-refractivity contribution is 7.98. The van der Waals surface area contributed by atoms with Crippen molar-refractivity contribution < 1.29 is 17.9 Å². The number of nitrogens with zero attached hydrogens (tertiary/aromatic N) is 1. The number of thioether (sulfide) groups is 1. The van der Waals surface area contributed by atoms with Crippen LogP contribution in [-0.4, -0.2) is 45.1 Å². The van der Waals surface area contributed by atoms with Gasteiger partial charge in [0.25, 0.3) is 0 Å². The third-order valence-corrected chi connectivity index (χ3v) is 8.27. The maximum Gasteiger partial charge on any atom is 0.246 e. The standard InChI is InChI=1S/C23H30N2O4S2/c1-16(2)17-11-12-20(29-3)22(14-17)31(27,28)25-13-7-8-18(15-25)23(26)24-19-9-5-6-10-21(19)30-4/h5-6,9-12,14,16,18H,7-8,13,15H2,1-4H3,(H,24,26)/t18-/m1/s1. The number of para-hydroxylation sites is 1. The zero-order valence-corrected chi connectivity index (χ0v) is 20.1. The molecule has 0 aromatic heterocycles. The molecule has 1 fully saturated rings. The highest BCUT2D eigenvalue weighted by Crippen LogP contribution is 2.33. The first-order valence-corrected chi connectivity index (χ1v) is 13.1. The van der Waals surface area contributed by atoms with Gasteiger partial charge in [0.2, 0.25) is 15.9 Å². The highest BCUT2D eigenvalue weighted by atomic mass is 32.2. The molecule has 0 saturated carbocycles. The molecule has 1 aliphatic heterocycles. The number of nitrogens with one attached hydrogen (secondary N) is 1. The van der Waals surface area contributed by atoms with Gasteiger partial charge < -0.3 is 10.1 Å². The van der Waals surface area contributed by atoms with Crippen LogP contribution in [0, 0.1) is 5.92 Å². The summed E-state index contributed by atoms with van der Waals surface area (Å²) in [6.07, 6.45) is 3.24. The molecule has 2 aromatic rings. The number of carbonyl (C=O) groups is 1. The van der Waals surface area contributed by atoms with E-state index in [1.165, 1.54) is 11.4 Å². The minimum atomic E-state index is -3.79. The molecule has 1 atom stereocenters. The van der Waals surface area contributed by atoms with E-state index in [1.54, 1.807) is 23.9 Å². The predicted molar refractivity (Wildman–Crippen MR) is 125 cm³/mol. The summed E-state index contributed by atoms with van der Waals surface area (Å²) >= 11 is 1.56. The number of methoxy groups -OCH3 is 1. The van der Waals surface area contributed by atoms with Gasteiger partial charge in [-0.15, -0.1) is 11.8 Å². The molecule has 3 rings (SSSR count). The molecule has 1 aliphatic rings. The monoisotopic (exact) mass is 462 g/mol. The second-order valence-electron chi connectivity index (χ2n) is 7.96. The molecule has 0 radical (unpaired) electrons. The number of benzene rings is 2. The molecule has 1 heterocycles. The van der Waals surface area contributed by atoms with Crippen molar-refractivity contribution in [3.63, 3.8) is 0 Å².